The molecule has 0 nitrogen and oxygen atoms in total. The lowest BCUT2D eigenvalue weighted by atomic mass is 10.0. The second kappa shape index (κ2) is 6.39. The van der Waals surface area contributed by atoms with E-state index in [2.05, 4.69) is 13.5 Å². The summed E-state index contributed by atoms with van der Waals surface area (Å²) in [7, 11) is 0. The van der Waals surface area contributed by atoms with Crippen LogP contribution in [0.1, 0.15) is 43.7 Å². The summed E-state index contributed by atoms with van der Waals surface area (Å²) in [6.07, 6.45) is 7.43. The summed E-state index contributed by atoms with van der Waals surface area (Å²) in [5, 5.41) is 0. The number of unbranched alkanes of at least 4 members (excludes halogenated alkanes) is 3. The molecule has 0 radical (unpaired) electrons. The van der Waals surface area contributed by atoms with Gasteiger partial charge < -0.3 is 0 Å². The molecule has 0 N–H and O–H groups in total. The third-order valence-corrected chi connectivity index (χ3v) is 2.60. The van der Waals surface area contributed by atoms with E-state index in [-0.39, 0.29) is 5.82 Å². The molecule has 1 aromatic carbocycles. The van der Waals surface area contributed by atoms with Gasteiger partial charge >= 0.3 is 0 Å². The minimum absolute atomic E-state index is 0.155. The van der Waals surface area contributed by atoms with Crippen molar-refractivity contribution in [2.75, 3.05) is 0 Å². The summed E-state index contributed by atoms with van der Waals surface area (Å²) in [6.45, 7) is 5.76. The van der Waals surface area contributed by atoms with Crippen LogP contribution in [0, 0.1) is 5.82 Å². The first-order valence-corrected chi connectivity index (χ1v) is 5.68. The van der Waals surface area contributed by atoms with Crippen LogP contribution in [-0.2, 0) is 6.42 Å². The van der Waals surface area contributed by atoms with Crippen LogP contribution in [0.15, 0.2) is 24.8 Å². The molecule has 82 valence electrons. The molecule has 0 aliphatic rings. The molecule has 1 heteroatoms. The van der Waals surface area contributed by atoms with Gasteiger partial charge in [-0.2, -0.15) is 0 Å². The van der Waals surface area contributed by atoms with Crippen LogP contribution < -0.4 is 0 Å². The van der Waals surface area contributed by atoms with E-state index in [0.717, 1.165) is 18.4 Å². The average molecular weight is 206 g/mol. The molecular weight excluding hydrogens is 187 g/mol. The Balaban J connectivity index is 2.48. The molecule has 0 aliphatic heterocycles. The molecular formula is C14H19F. The van der Waals surface area contributed by atoms with Crippen LogP contribution >= 0.6 is 0 Å². The molecule has 0 aliphatic carbocycles. The van der Waals surface area contributed by atoms with Gasteiger partial charge in [0, 0.05) is 5.56 Å². The lowest BCUT2D eigenvalue weighted by Crippen LogP contribution is -1.89. The summed E-state index contributed by atoms with van der Waals surface area (Å²) in [5.41, 5.74) is 1.68. The molecule has 0 bridgehead atoms. The fourth-order valence-corrected chi connectivity index (χ4v) is 1.65. The maximum Gasteiger partial charge on any atom is 0.130 e. The van der Waals surface area contributed by atoms with Gasteiger partial charge in [-0.1, -0.05) is 51.0 Å². The highest BCUT2D eigenvalue weighted by Gasteiger charge is 2.00. The van der Waals surface area contributed by atoms with Crippen molar-refractivity contribution in [2.24, 2.45) is 0 Å². The van der Waals surface area contributed by atoms with E-state index >= 15 is 0 Å². The Morgan fingerprint density at radius 1 is 1.27 bits per heavy atom. The Morgan fingerprint density at radius 3 is 2.67 bits per heavy atom. The topological polar surface area (TPSA) is 0 Å². The maximum atomic E-state index is 13.4. The van der Waals surface area contributed by atoms with Gasteiger partial charge in [-0.15, -0.1) is 0 Å². The zero-order valence-electron chi connectivity index (χ0n) is 9.43. The molecule has 0 unspecified atom stereocenters. The van der Waals surface area contributed by atoms with E-state index in [1.165, 1.54) is 19.3 Å². The minimum atomic E-state index is -0.155. The van der Waals surface area contributed by atoms with Gasteiger partial charge in [-0.25, -0.2) is 4.39 Å². The number of aryl methyl sites for hydroxylation is 1. The largest absolute Gasteiger partial charge is 0.206 e. The van der Waals surface area contributed by atoms with Crippen molar-refractivity contribution >= 4 is 6.08 Å². The average Bonchev–Trinajstić information content (AvgIpc) is 2.25. The summed E-state index contributed by atoms with van der Waals surface area (Å²) in [5.74, 6) is -0.155. The molecule has 0 fully saturated rings. The van der Waals surface area contributed by atoms with Crippen LogP contribution in [-0.4, -0.2) is 0 Å². The quantitative estimate of drug-likeness (QED) is 0.597. The SMILES string of the molecule is C=Cc1ccc(CCCCCC)cc1F. The van der Waals surface area contributed by atoms with E-state index in [4.69, 9.17) is 0 Å². The van der Waals surface area contributed by atoms with Crippen molar-refractivity contribution in [3.05, 3.63) is 41.7 Å². The van der Waals surface area contributed by atoms with Gasteiger partial charge in [-0.3, -0.25) is 0 Å². The highest BCUT2D eigenvalue weighted by Crippen LogP contribution is 2.14. The standard InChI is InChI=1S/C14H19F/c1-3-5-6-7-8-12-9-10-13(4-2)14(15)11-12/h4,9-11H,2-3,5-8H2,1H3. The molecule has 0 atom stereocenters. The monoisotopic (exact) mass is 206 g/mol. The van der Waals surface area contributed by atoms with Crippen molar-refractivity contribution in [2.45, 2.75) is 39.0 Å². The Bertz CT molecular complexity index is 315. The number of hydrogen-bond donors (Lipinski definition) is 0. The zero-order valence-corrected chi connectivity index (χ0v) is 9.43. The van der Waals surface area contributed by atoms with Gasteiger partial charge in [0.15, 0.2) is 0 Å². The van der Waals surface area contributed by atoms with Crippen molar-refractivity contribution in [1.82, 2.24) is 0 Å². The summed E-state index contributed by atoms with van der Waals surface area (Å²) in [6, 6.07) is 5.42. The lowest BCUT2D eigenvalue weighted by Gasteiger charge is -2.03. The number of rotatable bonds is 6. The Kier molecular flexibility index (Phi) is 5.09. The van der Waals surface area contributed by atoms with Crippen molar-refractivity contribution in [3.8, 4) is 0 Å². The van der Waals surface area contributed by atoms with Crippen molar-refractivity contribution in [3.63, 3.8) is 0 Å². The molecule has 0 heterocycles. The zero-order chi connectivity index (χ0) is 11.1. The highest BCUT2D eigenvalue weighted by molar-refractivity contribution is 5.48. The lowest BCUT2D eigenvalue weighted by molar-refractivity contribution is 0.618. The van der Waals surface area contributed by atoms with E-state index in [1.807, 2.05) is 6.07 Å². The van der Waals surface area contributed by atoms with E-state index < -0.39 is 0 Å². The van der Waals surface area contributed by atoms with Gasteiger partial charge in [0.1, 0.15) is 5.82 Å². The smallest absolute Gasteiger partial charge is 0.130 e. The number of benzene rings is 1. The van der Waals surface area contributed by atoms with E-state index in [1.54, 1.807) is 18.2 Å². The molecule has 0 saturated carbocycles. The van der Waals surface area contributed by atoms with Crippen LogP contribution in [0.3, 0.4) is 0 Å². The molecule has 15 heavy (non-hydrogen) atoms. The third kappa shape index (κ3) is 3.86. The second-order valence-electron chi connectivity index (χ2n) is 3.87. The van der Waals surface area contributed by atoms with Crippen LogP contribution in [0.25, 0.3) is 6.08 Å². The normalized spacial score (nSPS) is 10.3. The Hall–Kier alpha value is -1.11. The van der Waals surface area contributed by atoms with Gasteiger partial charge in [0.2, 0.25) is 0 Å². The molecule has 0 saturated heterocycles. The Morgan fingerprint density at radius 2 is 2.07 bits per heavy atom. The minimum Gasteiger partial charge on any atom is -0.206 e. The predicted molar refractivity (Wildman–Crippen MR) is 64.3 cm³/mol. The first-order chi connectivity index (χ1) is 7.27. The molecule has 0 spiro atoms. The number of hydrogen-bond acceptors (Lipinski definition) is 0. The molecule has 0 aromatic heterocycles. The summed E-state index contributed by atoms with van der Waals surface area (Å²) >= 11 is 0. The van der Waals surface area contributed by atoms with Crippen LogP contribution in [0.2, 0.25) is 0 Å². The van der Waals surface area contributed by atoms with Gasteiger partial charge in [0.05, 0.1) is 0 Å². The highest BCUT2D eigenvalue weighted by atomic mass is 19.1. The van der Waals surface area contributed by atoms with E-state index in [0.29, 0.717) is 5.56 Å². The Labute approximate surface area is 91.8 Å². The molecule has 1 aromatic rings. The first-order valence-electron chi connectivity index (χ1n) is 5.68. The van der Waals surface area contributed by atoms with Crippen molar-refractivity contribution < 1.29 is 4.39 Å². The fourth-order valence-electron chi connectivity index (χ4n) is 1.65. The first kappa shape index (κ1) is 12.0. The maximum absolute atomic E-state index is 13.4. The molecule has 0 amide bonds. The molecule has 1 rings (SSSR count). The fraction of sp³-hybridized carbons (Fsp3) is 0.429. The third-order valence-electron chi connectivity index (χ3n) is 2.60. The number of halogens is 1. The second-order valence-corrected chi connectivity index (χ2v) is 3.87. The van der Waals surface area contributed by atoms with Crippen molar-refractivity contribution in [1.29, 1.82) is 0 Å². The van der Waals surface area contributed by atoms with Crippen LogP contribution in [0.5, 0.6) is 0 Å². The van der Waals surface area contributed by atoms with E-state index in [9.17, 15) is 4.39 Å². The predicted octanol–water partition coefficient (Wildman–Crippen LogP) is 4.59. The van der Waals surface area contributed by atoms with Crippen LogP contribution in [0.4, 0.5) is 4.39 Å². The van der Waals surface area contributed by atoms with Gasteiger partial charge in [0.25, 0.3) is 0 Å². The summed E-state index contributed by atoms with van der Waals surface area (Å²) in [4.78, 5) is 0. The summed E-state index contributed by atoms with van der Waals surface area (Å²) < 4.78 is 13.4. The van der Waals surface area contributed by atoms with Gasteiger partial charge in [-0.05, 0) is 24.5 Å².